The molecule has 2 heterocycles. The third kappa shape index (κ3) is 1.43. The van der Waals surface area contributed by atoms with Crippen LogP contribution in [0.5, 0.6) is 0 Å². The van der Waals surface area contributed by atoms with Crippen LogP contribution in [0.25, 0.3) is 0 Å². The molecular formula is C8H12N2O2. The van der Waals surface area contributed by atoms with E-state index < -0.39 is 0 Å². The Bertz CT molecular complexity index is 322. The van der Waals surface area contributed by atoms with E-state index in [0.29, 0.717) is 6.10 Å². The highest BCUT2D eigenvalue weighted by Crippen LogP contribution is 2.13. The van der Waals surface area contributed by atoms with Gasteiger partial charge < -0.3 is 9.30 Å². The van der Waals surface area contributed by atoms with Crippen LogP contribution in [0.2, 0.25) is 0 Å². The fourth-order valence-electron chi connectivity index (χ4n) is 1.20. The van der Waals surface area contributed by atoms with Crippen molar-refractivity contribution in [2.75, 3.05) is 6.61 Å². The Balaban J connectivity index is 2.01. The maximum Gasteiger partial charge on any atom is 0.327 e. The van der Waals surface area contributed by atoms with Crippen molar-refractivity contribution in [1.29, 1.82) is 0 Å². The van der Waals surface area contributed by atoms with Gasteiger partial charge in [-0.1, -0.05) is 0 Å². The highest BCUT2D eigenvalue weighted by Gasteiger charge is 2.21. The Labute approximate surface area is 70.4 Å². The summed E-state index contributed by atoms with van der Waals surface area (Å²) in [6.45, 7) is 1.63. The Hall–Kier alpha value is -1.03. The normalized spacial score (nSPS) is 21.2. The standard InChI is InChI=1S/C8H12N2O2/c1-9-4-5-10(8(9)11)3-2-7-6-12-7/h4-5,7H,2-3,6H2,1H3. The molecule has 4 nitrogen and oxygen atoms in total. The van der Waals surface area contributed by atoms with Crippen LogP contribution in [-0.4, -0.2) is 21.8 Å². The lowest BCUT2D eigenvalue weighted by Gasteiger charge is -1.96. The van der Waals surface area contributed by atoms with E-state index in [1.807, 2.05) is 6.20 Å². The van der Waals surface area contributed by atoms with Gasteiger partial charge in [0.15, 0.2) is 0 Å². The predicted octanol–water partition coefficient (Wildman–Crippen LogP) is -0.0243. The van der Waals surface area contributed by atoms with Crippen LogP contribution in [0.15, 0.2) is 17.2 Å². The molecule has 0 spiro atoms. The summed E-state index contributed by atoms with van der Waals surface area (Å²) < 4.78 is 8.34. The highest BCUT2D eigenvalue weighted by molar-refractivity contribution is 4.81. The summed E-state index contributed by atoms with van der Waals surface area (Å²) in [5, 5.41) is 0. The Kier molecular flexibility index (Phi) is 1.77. The molecule has 1 fully saturated rings. The summed E-state index contributed by atoms with van der Waals surface area (Å²) >= 11 is 0. The van der Waals surface area contributed by atoms with Gasteiger partial charge in [0.05, 0.1) is 12.7 Å². The summed E-state index contributed by atoms with van der Waals surface area (Å²) in [7, 11) is 1.76. The lowest BCUT2D eigenvalue weighted by atomic mass is 10.3. The maximum absolute atomic E-state index is 11.3. The van der Waals surface area contributed by atoms with E-state index >= 15 is 0 Å². The van der Waals surface area contributed by atoms with Crippen molar-refractivity contribution >= 4 is 0 Å². The number of imidazole rings is 1. The fraction of sp³-hybridized carbons (Fsp3) is 0.625. The van der Waals surface area contributed by atoms with Gasteiger partial charge in [0.2, 0.25) is 0 Å². The Morgan fingerprint density at radius 1 is 1.67 bits per heavy atom. The van der Waals surface area contributed by atoms with Gasteiger partial charge in [0.25, 0.3) is 0 Å². The van der Waals surface area contributed by atoms with Gasteiger partial charge in [0.1, 0.15) is 0 Å². The molecule has 1 saturated heterocycles. The zero-order chi connectivity index (χ0) is 8.55. The van der Waals surface area contributed by atoms with E-state index in [4.69, 9.17) is 4.74 Å². The topological polar surface area (TPSA) is 39.5 Å². The Morgan fingerprint density at radius 3 is 2.92 bits per heavy atom. The van der Waals surface area contributed by atoms with Crippen molar-refractivity contribution in [2.24, 2.45) is 7.05 Å². The first-order valence-electron chi connectivity index (χ1n) is 4.11. The molecule has 1 aromatic rings. The van der Waals surface area contributed by atoms with Crippen LogP contribution in [0.3, 0.4) is 0 Å². The second-order valence-electron chi connectivity index (χ2n) is 3.13. The number of ether oxygens (including phenoxy) is 1. The molecule has 0 aromatic carbocycles. The van der Waals surface area contributed by atoms with E-state index in [-0.39, 0.29) is 5.69 Å². The summed E-state index contributed by atoms with van der Waals surface area (Å²) in [5.41, 5.74) is 0.0515. The molecule has 2 rings (SSSR count). The van der Waals surface area contributed by atoms with Gasteiger partial charge in [0, 0.05) is 26.0 Å². The quantitative estimate of drug-likeness (QED) is 0.595. The molecule has 0 saturated carbocycles. The molecule has 1 aliphatic heterocycles. The molecule has 1 unspecified atom stereocenters. The van der Waals surface area contributed by atoms with Gasteiger partial charge >= 0.3 is 5.69 Å². The average molecular weight is 168 g/mol. The number of hydrogen-bond acceptors (Lipinski definition) is 2. The first-order chi connectivity index (χ1) is 5.77. The van der Waals surface area contributed by atoms with Crippen molar-refractivity contribution in [3.8, 4) is 0 Å². The van der Waals surface area contributed by atoms with Crippen molar-refractivity contribution < 1.29 is 4.74 Å². The van der Waals surface area contributed by atoms with Gasteiger partial charge in [-0.2, -0.15) is 0 Å². The number of nitrogens with zero attached hydrogens (tertiary/aromatic N) is 2. The molecule has 12 heavy (non-hydrogen) atoms. The SMILES string of the molecule is Cn1ccn(CCC2CO2)c1=O. The zero-order valence-electron chi connectivity index (χ0n) is 7.06. The fourth-order valence-corrected chi connectivity index (χ4v) is 1.20. The monoisotopic (exact) mass is 168 g/mol. The van der Waals surface area contributed by atoms with Crippen molar-refractivity contribution in [1.82, 2.24) is 9.13 Å². The van der Waals surface area contributed by atoms with Crippen LogP contribution >= 0.6 is 0 Å². The largest absolute Gasteiger partial charge is 0.373 e. The molecular weight excluding hydrogens is 156 g/mol. The third-order valence-electron chi connectivity index (χ3n) is 2.11. The van der Waals surface area contributed by atoms with E-state index in [0.717, 1.165) is 19.6 Å². The molecule has 0 amide bonds. The van der Waals surface area contributed by atoms with E-state index in [9.17, 15) is 4.79 Å². The van der Waals surface area contributed by atoms with Gasteiger partial charge in [-0.15, -0.1) is 0 Å². The number of rotatable bonds is 3. The molecule has 0 N–H and O–H groups in total. The average Bonchev–Trinajstić information content (AvgIpc) is 2.82. The molecule has 1 atom stereocenters. The minimum atomic E-state index is 0.0515. The van der Waals surface area contributed by atoms with Gasteiger partial charge in [-0.25, -0.2) is 4.79 Å². The summed E-state index contributed by atoms with van der Waals surface area (Å²) in [4.78, 5) is 11.3. The number of hydrogen-bond donors (Lipinski definition) is 0. The predicted molar refractivity (Wildman–Crippen MR) is 44.0 cm³/mol. The molecule has 1 aromatic heterocycles. The van der Waals surface area contributed by atoms with Crippen LogP contribution in [0.1, 0.15) is 6.42 Å². The molecule has 1 aliphatic rings. The molecule has 0 aliphatic carbocycles. The van der Waals surface area contributed by atoms with Crippen LogP contribution < -0.4 is 5.69 Å². The highest BCUT2D eigenvalue weighted by atomic mass is 16.6. The van der Waals surface area contributed by atoms with Gasteiger partial charge in [-0.05, 0) is 6.42 Å². The van der Waals surface area contributed by atoms with E-state index in [1.165, 1.54) is 0 Å². The summed E-state index contributed by atoms with van der Waals surface area (Å²) in [6.07, 6.45) is 4.93. The minimum Gasteiger partial charge on any atom is -0.373 e. The first-order valence-corrected chi connectivity index (χ1v) is 4.11. The van der Waals surface area contributed by atoms with E-state index in [2.05, 4.69) is 0 Å². The Morgan fingerprint density at radius 2 is 2.42 bits per heavy atom. The van der Waals surface area contributed by atoms with Crippen molar-refractivity contribution in [3.63, 3.8) is 0 Å². The molecule has 0 radical (unpaired) electrons. The summed E-state index contributed by atoms with van der Waals surface area (Å²) in [5.74, 6) is 0. The number of aromatic nitrogens is 2. The van der Waals surface area contributed by atoms with Crippen LogP contribution in [0, 0.1) is 0 Å². The van der Waals surface area contributed by atoms with E-state index in [1.54, 1.807) is 22.4 Å². The summed E-state index contributed by atoms with van der Waals surface area (Å²) in [6, 6.07) is 0. The number of epoxide rings is 1. The molecule has 66 valence electrons. The van der Waals surface area contributed by atoms with Crippen LogP contribution in [-0.2, 0) is 18.3 Å². The van der Waals surface area contributed by atoms with Crippen molar-refractivity contribution in [2.45, 2.75) is 19.1 Å². The lowest BCUT2D eigenvalue weighted by molar-refractivity contribution is 0.383. The zero-order valence-corrected chi connectivity index (χ0v) is 7.06. The minimum absolute atomic E-state index is 0.0515. The van der Waals surface area contributed by atoms with Gasteiger partial charge in [-0.3, -0.25) is 4.57 Å². The second kappa shape index (κ2) is 2.79. The third-order valence-corrected chi connectivity index (χ3v) is 2.11. The molecule has 0 bridgehead atoms. The van der Waals surface area contributed by atoms with Crippen molar-refractivity contribution in [3.05, 3.63) is 22.9 Å². The maximum atomic E-state index is 11.3. The van der Waals surface area contributed by atoms with Crippen LogP contribution in [0.4, 0.5) is 0 Å². The second-order valence-corrected chi connectivity index (χ2v) is 3.13. The first kappa shape index (κ1) is 7.61. The lowest BCUT2D eigenvalue weighted by Crippen LogP contribution is -2.22. The smallest absolute Gasteiger partial charge is 0.327 e. The number of aryl methyl sites for hydroxylation is 2. The molecule has 4 heteroatoms.